The molecule has 0 bridgehead atoms. The molecule has 1 aromatic rings. The SMILES string of the molecule is COc1cc(N)c(Cl)cc1C(=O)NC1CCN(CC2CC2)CC1.Cl.Cl. The van der Waals surface area contributed by atoms with Crippen molar-refractivity contribution >= 4 is 48.0 Å². The van der Waals surface area contributed by atoms with Gasteiger partial charge < -0.3 is 20.7 Å². The number of hydrogen-bond donors (Lipinski definition) is 2. The van der Waals surface area contributed by atoms with E-state index < -0.39 is 0 Å². The lowest BCUT2D eigenvalue weighted by Gasteiger charge is -2.32. The van der Waals surface area contributed by atoms with Crippen molar-refractivity contribution in [3.8, 4) is 5.75 Å². The number of hydrogen-bond acceptors (Lipinski definition) is 4. The van der Waals surface area contributed by atoms with Crippen LogP contribution in [-0.2, 0) is 0 Å². The number of carbonyl (C=O) groups is 1. The molecule has 1 amide bonds. The molecule has 0 unspecified atom stereocenters. The maximum Gasteiger partial charge on any atom is 0.255 e. The summed E-state index contributed by atoms with van der Waals surface area (Å²) < 4.78 is 5.25. The average molecular weight is 411 g/mol. The van der Waals surface area contributed by atoms with Gasteiger partial charge in [-0.25, -0.2) is 0 Å². The van der Waals surface area contributed by atoms with Crippen LogP contribution in [0.1, 0.15) is 36.0 Å². The van der Waals surface area contributed by atoms with Crippen LogP contribution in [0.3, 0.4) is 0 Å². The van der Waals surface area contributed by atoms with Crippen LogP contribution in [0, 0.1) is 5.92 Å². The Morgan fingerprint density at radius 2 is 1.92 bits per heavy atom. The third kappa shape index (κ3) is 5.81. The van der Waals surface area contributed by atoms with Crippen molar-refractivity contribution in [3.05, 3.63) is 22.7 Å². The Labute approximate surface area is 166 Å². The summed E-state index contributed by atoms with van der Waals surface area (Å²) in [5.41, 5.74) is 6.61. The van der Waals surface area contributed by atoms with E-state index in [0.717, 1.165) is 31.8 Å². The van der Waals surface area contributed by atoms with Crippen LogP contribution in [-0.4, -0.2) is 43.6 Å². The number of carbonyl (C=O) groups excluding carboxylic acids is 1. The Hall–Kier alpha value is -0.880. The van der Waals surface area contributed by atoms with Gasteiger partial charge >= 0.3 is 0 Å². The highest BCUT2D eigenvalue weighted by Crippen LogP contribution is 2.31. The number of benzene rings is 1. The van der Waals surface area contributed by atoms with E-state index in [0.29, 0.717) is 22.0 Å². The van der Waals surface area contributed by atoms with Gasteiger partial charge in [-0.15, -0.1) is 24.8 Å². The Morgan fingerprint density at radius 1 is 1.28 bits per heavy atom. The Kier molecular flexibility index (Phi) is 8.61. The zero-order valence-electron chi connectivity index (χ0n) is 14.3. The number of nitrogens with two attached hydrogens (primary N) is 1. The summed E-state index contributed by atoms with van der Waals surface area (Å²) in [5.74, 6) is 1.22. The first-order chi connectivity index (χ1) is 11.1. The number of likely N-dealkylation sites (tertiary alicyclic amines) is 1. The zero-order valence-corrected chi connectivity index (χ0v) is 16.7. The van der Waals surface area contributed by atoms with Crippen molar-refractivity contribution in [2.24, 2.45) is 5.92 Å². The van der Waals surface area contributed by atoms with Crippen LogP contribution in [0.5, 0.6) is 5.75 Å². The van der Waals surface area contributed by atoms with Crippen LogP contribution < -0.4 is 15.8 Å². The molecule has 0 aromatic heterocycles. The van der Waals surface area contributed by atoms with Crippen molar-refractivity contribution in [1.82, 2.24) is 10.2 Å². The molecule has 1 aliphatic carbocycles. The standard InChI is InChI=1S/C17H24ClN3O2.2ClH/c1-23-16-9-15(19)14(18)8-13(16)17(22)20-12-4-6-21(7-5-12)10-11-2-3-11;;/h8-9,11-12H,2-7,10,19H2,1H3,(H,20,22);2*1H. The van der Waals surface area contributed by atoms with Gasteiger partial charge in [-0.1, -0.05) is 11.6 Å². The average Bonchev–Trinajstić information content (AvgIpc) is 3.35. The molecule has 1 aromatic carbocycles. The molecule has 0 spiro atoms. The summed E-state index contributed by atoms with van der Waals surface area (Å²) in [6.45, 7) is 3.34. The first-order valence-corrected chi connectivity index (χ1v) is 8.61. The normalized spacial score (nSPS) is 18.0. The minimum absolute atomic E-state index is 0. The summed E-state index contributed by atoms with van der Waals surface area (Å²) in [6, 6.07) is 3.38. The lowest BCUT2D eigenvalue weighted by Crippen LogP contribution is -2.45. The minimum atomic E-state index is -0.149. The Morgan fingerprint density at radius 3 is 2.48 bits per heavy atom. The largest absolute Gasteiger partial charge is 0.496 e. The van der Waals surface area contributed by atoms with Gasteiger partial charge in [0.2, 0.25) is 0 Å². The first-order valence-electron chi connectivity index (χ1n) is 8.23. The number of methoxy groups -OCH3 is 1. The number of halogens is 3. The second kappa shape index (κ2) is 9.72. The molecule has 3 rings (SSSR count). The molecular weight excluding hydrogens is 385 g/mol. The molecule has 3 N–H and O–H groups in total. The number of rotatable bonds is 5. The summed E-state index contributed by atoms with van der Waals surface area (Å²) >= 11 is 6.04. The summed E-state index contributed by atoms with van der Waals surface area (Å²) in [4.78, 5) is 15.0. The second-order valence-corrected chi connectivity index (χ2v) is 6.97. The van der Waals surface area contributed by atoms with E-state index in [1.807, 2.05) is 0 Å². The molecule has 1 aliphatic heterocycles. The molecule has 1 heterocycles. The minimum Gasteiger partial charge on any atom is -0.496 e. The number of nitrogens with zero attached hydrogens (tertiary/aromatic N) is 1. The zero-order chi connectivity index (χ0) is 16.4. The molecule has 5 nitrogen and oxygen atoms in total. The van der Waals surface area contributed by atoms with Gasteiger partial charge in [-0.3, -0.25) is 4.79 Å². The lowest BCUT2D eigenvalue weighted by molar-refractivity contribution is 0.0906. The van der Waals surface area contributed by atoms with Gasteiger partial charge in [0.25, 0.3) is 5.91 Å². The smallest absolute Gasteiger partial charge is 0.255 e. The monoisotopic (exact) mass is 409 g/mol. The maximum atomic E-state index is 12.5. The van der Waals surface area contributed by atoms with Crippen LogP contribution >= 0.6 is 36.4 Å². The van der Waals surface area contributed by atoms with E-state index in [1.54, 1.807) is 12.1 Å². The molecule has 1 saturated heterocycles. The van der Waals surface area contributed by atoms with Crippen molar-refractivity contribution in [2.45, 2.75) is 31.7 Å². The van der Waals surface area contributed by atoms with Gasteiger partial charge in [0, 0.05) is 31.7 Å². The second-order valence-electron chi connectivity index (χ2n) is 6.57. The van der Waals surface area contributed by atoms with Gasteiger partial charge in [0.05, 0.1) is 23.4 Å². The Bertz CT molecular complexity index is 589. The molecular formula is C17H26Cl3N3O2. The van der Waals surface area contributed by atoms with Crippen molar-refractivity contribution in [3.63, 3.8) is 0 Å². The fourth-order valence-corrected chi connectivity index (χ4v) is 3.27. The highest BCUT2D eigenvalue weighted by Gasteiger charge is 2.28. The highest BCUT2D eigenvalue weighted by molar-refractivity contribution is 6.33. The van der Waals surface area contributed by atoms with E-state index in [9.17, 15) is 4.79 Å². The number of piperidine rings is 1. The topological polar surface area (TPSA) is 67.6 Å². The molecule has 1 saturated carbocycles. The van der Waals surface area contributed by atoms with E-state index in [1.165, 1.54) is 26.5 Å². The Balaban J connectivity index is 0.00000156. The lowest BCUT2D eigenvalue weighted by atomic mass is 10.0. The van der Waals surface area contributed by atoms with Crippen molar-refractivity contribution < 1.29 is 9.53 Å². The number of amides is 1. The summed E-state index contributed by atoms with van der Waals surface area (Å²) in [5, 5.41) is 3.47. The molecule has 0 atom stereocenters. The third-order valence-corrected chi connectivity index (χ3v) is 5.03. The molecule has 2 fully saturated rings. The van der Waals surface area contributed by atoms with E-state index in [4.69, 9.17) is 22.1 Å². The third-order valence-electron chi connectivity index (χ3n) is 4.70. The van der Waals surface area contributed by atoms with Crippen LogP contribution in [0.2, 0.25) is 5.02 Å². The quantitative estimate of drug-likeness (QED) is 0.730. The number of anilines is 1. The molecule has 142 valence electrons. The van der Waals surface area contributed by atoms with E-state index in [-0.39, 0.29) is 36.8 Å². The van der Waals surface area contributed by atoms with Crippen molar-refractivity contribution in [2.75, 3.05) is 32.5 Å². The van der Waals surface area contributed by atoms with E-state index >= 15 is 0 Å². The van der Waals surface area contributed by atoms with Gasteiger partial charge in [-0.2, -0.15) is 0 Å². The van der Waals surface area contributed by atoms with Crippen LogP contribution in [0.15, 0.2) is 12.1 Å². The fraction of sp³-hybridized carbons (Fsp3) is 0.588. The molecule has 2 aliphatic rings. The van der Waals surface area contributed by atoms with Crippen LogP contribution in [0.25, 0.3) is 0 Å². The number of nitrogen functional groups attached to an aromatic ring is 1. The maximum absolute atomic E-state index is 12.5. The van der Waals surface area contributed by atoms with Crippen molar-refractivity contribution in [1.29, 1.82) is 0 Å². The number of nitrogens with one attached hydrogen (secondary N) is 1. The molecule has 25 heavy (non-hydrogen) atoms. The number of ether oxygens (including phenoxy) is 1. The van der Waals surface area contributed by atoms with E-state index in [2.05, 4.69) is 10.2 Å². The predicted molar refractivity (Wildman–Crippen MR) is 107 cm³/mol. The van der Waals surface area contributed by atoms with Gasteiger partial charge in [0.15, 0.2) is 0 Å². The first kappa shape index (κ1) is 22.2. The van der Waals surface area contributed by atoms with Gasteiger partial charge in [0.1, 0.15) is 5.75 Å². The molecule has 8 heteroatoms. The molecule has 0 radical (unpaired) electrons. The summed E-state index contributed by atoms with van der Waals surface area (Å²) in [6.07, 6.45) is 4.75. The predicted octanol–water partition coefficient (Wildman–Crippen LogP) is 3.38. The fourth-order valence-electron chi connectivity index (χ4n) is 3.10. The highest BCUT2D eigenvalue weighted by atomic mass is 35.5. The van der Waals surface area contributed by atoms with Crippen LogP contribution in [0.4, 0.5) is 5.69 Å². The summed E-state index contributed by atoms with van der Waals surface area (Å²) in [7, 11) is 1.52. The van der Waals surface area contributed by atoms with Gasteiger partial charge in [-0.05, 0) is 37.7 Å².